The van der Waals surface area contributed by atoms with Gasteiger partial charge in [0.15, 0.2) is 5.84 Å². The van der Waals surface area contributed by atoms with Gasteiger partial charge in [-0.3, -0.25) is 0 Å². The van der Waals surface area contributed by atoms with E-state index in [1.165, 1.54) is 0 Å². The molecule has 1 saturated heterocycles. The first-order chi connectivity index (χ1) is 8.74. The molecule has 0 atom stereocenters. The van der Waals surface area contributed by atoms with Gasteiger partial charge in [0.25, 0.3) is 0 Å². The van der Waals surface area contributed by atoms with Crippen molar-refractivity contribution in [2.75, 3.05) is 20.3 Å². The van der Waals surface area contributed by atoms with E-state index in [9.17, 15) is 0 Å². The second-order valence-electron chi connectivity index (χ2n) is 3.99. The first kappa shape index (κ1) is 13.0. The highest BCUT2D eigenvalue weighted by molar-refractivity contribution is 7.99. The number of ether oxygens (including phenoxy) is 2. The number of thioether (sulfide) groups is 1. The number of hydrogen-bond donors (Lipinski definition) is 2. The SMILES string of the molecule is COc1cc(CSC2COC2)ccc1/C(N)=N/O. The Kier molecular flexibility index (Phi) is 4.33. The van der Waals surface area contributed by atoms with E-state index in [0.717, 1.165) is 24.5 Å². The summed E-state index contributed by atoms with van der Waals surface area (Å²) in [5.41, 5.74) is 7.32. The summed E-state index contributed by atoms with van der Waals surface area (Å²) in [4.78, 5) is 0. The topological polar surface area (TPSA) is 77.1 Å². The number of rotatable bonds is 5. The molecule has 6 heteroatoms. The van der Waals surface area contributed by atoms with Crippen LogP contribution in [0.25, 0.3) is 0 Å². The van der Waals surface area contributed by atoms with Crippen molar-refractivity contribution in [2.45, 2.75) is 11.0 Å². The third kappa shape index (κ3) is 2.88. The molecule has 1 fully saturated rings. The lowest BCUT2D eigenvalue weighted by atomic mass is 10.1. The Morgan fingerprint density at radius 1 is 1.61 bits per heavy atom. The molecule has 0 aromatic heterocycles. The lowest BCUT2D eigenvalue weighted by Crippen LogP contribution is -2.30. The molecule has 1 aliphatic rings. The molecule has 2 rings (SSSR count). The highest BCUT2D eigenvalue weighted by atomic mass is 32.2. The highest BCUT2D eigenvalue weighted by Crippen LogP contribution is 2.26. The van der Waals surface area contributed by atoms with E-state index in [1.807, 2.05) is 23.9 Å². The van der Waals surface area contributed by atoms with Crippen LogP contribution < -0.4 is 10.5 Å². The van der Waals surface area contributed by atoms with Crippen molar-refractivity contribution in [1.29, 1.82) is 0 Å². The minimum atomic E-state index is 0.0541. The molecular weight excluding hydrogens is 252 g/mol. The molecule has 1 aromatic carbocycles. The van der Waals surface area contributed by atoms with Crippen molar-refractivity contribution in [1.82, 2.24) is 0 Å². The summed E-state index contributed by atoms with van der Waals surface area (Å²) in [6.45, 7) is 1.67. The van der Waals surface area contributed by atoms with E-state index in [0.29, 0.717) is 16.6 Å². The molecule has 3 N–H and O–H groups in total. The van der Waals surface area contributed by atoms with Crippen molar-refractivity contribution in [2.24, 2.45) is 10.9 Å². The molecule has 0 bridgehead atoms. The van der Waals surface area contributed by atoms with Crippen LogP contribution in [0.1, 0.15) is 11.1 Å². The highest BCUT2D eigenvalue weighted by Gasteiger charge is 2.18. The van der Waals surface area contributed by atoms with E-state index in [4.69, 9.17) is 20.4 Å². The van der Waals surface area contributed by atoms with Crippen molar-refractivity contribution in [3.63, 3.8) is 0 Å². The minimum Gasteiger partial charge on any atom is -0.496 e. The Balaban J connectivity index is 2.08. The van der Waals surface area contributed by atoms with Crippen LogP contribution in [0.4, 0.5) is 0 Å². The summed E-state index contributed by atoms with van der Waals surface area (Å²) in [5, 5.41) is 12.3. The van der Waals surface area contributed by atoms with Crippen LogP contribution in [-0.2, 0) is 10.5 Å². The maximum Gasteiger partial charge on any atom is 0.173 e. The average molecular weight is 268 g/mol. The fourth-order valence-electron chi connectivity index (χ4n) is 1.62. The largest absolute Gasteiger partial charge is 0.496 e. The third-order valence-electron chi connectivity index (χ3n) is 2.74. The Morgan fingerprint density at radius 3 is 2.94 bits per heavy atom. The molecule has 1 aliphatic heterocycles. The van der Waals surface area contributed by atoms with Gasteiger partial charge >= 0.3 is 0 Å². The second kappa shape index (κ2) is 5.97. The molecule has 0 radical (unpaired) electrons. The van der Waals surface area contributed by atoms with Crippen LogP contribution in [0.2, 0.25) is 0 Å². The van der Waals surface area contributed by atoms with Gasteiger partial charge in [0, 0.05) is 5.75 Å². The van der Waals surface area contributed by atoms with Crippen LogP contribution >= 0.6 is 11.8 Å². The summed E-state index contributed by atoms with van der Waals surface area (Å²) in [6.07, 6.45) is 0. The maximum atomic E-state index is 8.68. The average Bonchev–Trinajstić information content (AvgIpc) is 2.35. The van der Waals surface area contributed by atoms with Crippen molar-refractivity contribution < 1.29 is 14.7 Å². The Morgan fingerprint density at radius 2 is 2.39 bits per heavy atom. The van der Waals surface area contributed by atoms with Crippen molar-refractivity contribution >= 4 is 17.6 Å². The molecule has 0 amide bonds. The zero-order valence-corrected chi connectivity index (χ0v) is 10.9. The Labute approximate surface area is 110 Å². The van der Waals surface area contributed by atoms with Gasteiger partial charge in [0.2, 0.25) is 0 Å². The number of amidine groups is 1. The van der Waals surface area contributed by atoms with Gasteiger partial charge in [0.1, 0.15) is 5.75 Å². The summed E-state index contributed by atoms with van der Waals surface area (Å²) in [7, 11) is 1.57. The van der Waals surface area contributed by atoms with E-state index >= 15 is 0 Å². The van der Waals surface area contributed by atoms with E-state index < -0.39 is 0 Å². The number of methoxy groups -OCH3 is 1. The monoisotopic (exact) mass is 268 g/mol. The van der Waals surface area contributed by atoms with Gasteiger partial charge < -0.3 is 20.4 Å². The molecular formula is C12H16N2O3S. The molecule has 18 heavy (non-hydrogen) atoms. The molecule has 98 valence electrons. The number of oxime groups is 1. The molecule has 5 nitrogen and oxygen atoms in total. The Hall–Kier alpha value is -1.40. The zero-order valence-electron chi connectivity index (χ0n) is 10.1. The minimum absolute atomic E-state index is 0.0541. The quantitative estimate of drug-likeness (QED) is 0.365. The fraction of sp³-hybridized carbons (Fsp3) is 0.417. The predicted octanol–water partition coefficient (Wildman–Crippen LogP) is 1.42. The first-order valence-corrected chi connectivity index (χ1v) is 6.63. The molecule has 0 aliphatic carbocycles. The summed E-state index contributed by atoms with van der Waals surface area (Å²) < 4.78 is 10.4. The lowest BCUT2D eigenvalue weighted by Gasteiger charge is -2.25. The standard InChI is InChI=1S/C12H16N2O3S/c1-16-11-4-8(7-18-9-5-17-6-9)2-3-10(11)12(13)14-15/h2-4,9,15H,5-7H2,1H3,(H2,13,14). The number of nitrogens with zero attached hydrogens (tertiary/aromatic N) is 1. The Bertz CT molecular complexity index is 447. The molecule has 0 saturated carbocycles. The van der Waals surface area contributed by atoms with Crippen molar-refractivity contribution in [3.05, 3.63) is 29.3 Å². The fourth-order valence-corrected chi connectivity index (χ4v) is 2.61. The van der Waals surface area contributed by atoms with Gasteiger partial charge in [-0.05, 0) is 17.7 Å². The van der Waals surface area contributed by atoms with Crippen molar-refractivity contribution in [3.8, 4) is 5.75 Å². The van der Waals surface area contributed by atoms with Gasteiger partial charge in [0.05, 0.1) is 31.1 Å². The van der Waals surface area contributed by atoms with Gasteiger partial charge in [-0.25, -0.2) is 0 Å². The normalized spacial score (nSPS) is 16.4. The molecule has 0 unspecified atom stereocenters. The second-order valence-corrected chi connectivity index (χ2v) is 5.28. The maximum absolute atomic E-state index is 8.68. The summed E-state index contributed by atoms with van der Waals surface area (Å²) in [6, 6.07) is 5.68. The van der Waals surface area contributed by atoms with Gasteiger partial charge in [-0.1, -0.05) is 11.2 Å². The number of nitrogens with two attached hydrogens (primary N) is 1. The molecule has 1 aromatic rings. The molecule has 1 heterocycles. The lowest BCUT2D eigenvalue weighted by molar-refractivity contribution is 0.0455. The van der Waals surface area contributed by atoms with E-state index in [2.05, 4.69) is 5.16 Å². The summed E-state index contributed by atoms with van der Waals surface area (Å²) in [5.74, 6) is 1.58. The van der Waals surface area contributed by atoms with Crippen LogP contribution in [0.5, 0.6) is 5.75 Å². The van der Waals surface area contributed by atoms with Crippen LogP contribution in [0.3, 0.4) is 0 Å². The van der Waals surface area contributed by atoms with Crippen LogP contribution in [0, 0.1) is 0 Å². The van der Waals surface area contributed by atoms with E-state index in [1.54, 1.807) is 13.2 Å². The zero-order chi connectivity index (χ0) is 13.0. The number of benzene rings is 1. The van der Waals surface area contributed by atoms with Gasteiger partial charge in [-0.2, -0.15) is 0 Å². The van der Waals surface area contributed by atoms with Gasteiger partial charge in [-0.15, -0.1) is 11.8 Å². The molecule has 0 spiro atoms. The number of hydrogen-bond acceptors (Lipinski definition) is 5. The predicted molar refractivity (Wildman–Crippen MR) is 71.4 cm³/mol. The van der Waals surface area contributed by atoms with Crippen LogP contribution in [-0.4, -0.2) is 36.6 Å². The third-order valence-corrected chi connectivity index (χ3v) is 3.99. The van der Waals surface area contributed by atoms with Crippen LogP contribution in [0.15, 0.2) is 23.4 Å². The smallest absolute Gasteiger partial charge is 0.173 e. The first-order valence-electron chi connectivity index (χ1n) is 5.58. The van der Waals surface area contributed by atoms with E-state index in [-0.39, 0.29) is 5.84 Å². The summed E-state index contributed by atoms with van der Waals surface area (Å²) >= 11 is 1.86.